The van der Waals surface area contributed by atoms with Gasteiger partial charge in [0.05, 0.1) is 23.9 Å². The van der Waals surface area contributed by atoms with Crippen molar-refractivity contribution in [3.63, 3.8) is 0 Å². The van der Waals surface area contributed by atoms with Gasteiger partial charge in [-0.1, -0.05) is 0 Å². The molecule has 8 heteroatoms. The van der Waals surface area contributed by atoms with E-state index >= 15 is 0 Å². The van der Waals surface area contributed by atoms with E-state index in [2.05, 4.69) is 15.4 Å². The van der Waals surface area contributed by atoms with Gasteiger partial charge in [-0.2, -0.15) is 5.10 Å². The second kappa shape index (κ2) is 6.49. The molecule has 124 valence electrons. The number of carbonyl (C=O) groups excluding carboxylic acids is 1. The van der Waals surface area contributed by atoms with E-state index in [4.69, 9.17) is 5.11 Å². The molecule has 0 aliphatic heterocycles. The van der Waals surface area contributed by atoms with Crippen molar-refractivity contribution in [1.82, 2.24) is 20.1 Å². The Bertz CT molecular complexity index is 763. The number of amides is 1. The van der Waals surface area contributed by atoms with Crippen molar-refractivity contribution in [1.29, 1.82) is 0 Å². The zero-order valence-electron chi connectivity index (χ0n) is 13.8. The van der Waals surface area contributed by atoms with Crippen LogP contribution in [0.5, 0.6) is 0 Å². The van der Waals surface area contributed by atoms with Crippen molar-refractivity contribution in [2.24, 2.45) is 7.05 Å². The molecule has 0 fully saturated rings. The molecule has 1 atom stereocenters. The van der Waals surface area contributed by atoms with Gasteiger partial charge in [0, 0.05) is 18.3 Å². The fraction of sp³-hybridized carbons (Fsp3) is 0.467. The Morgan fingerprint density at radius 2 is 1.96 bits per heavy atom. The Labute approximate surface area is 138 Å². The van der Waals surface area contributed by atoms with Gasteiger partial charge < -0.3 is 10.4 Å². The standard InChI is InChI=1S/C15H20N4O3S/c1-7-11(10(4)19(5)18-7)6-12(20)16-9(3)14-17-8(2)13(23-14)15(21)22/h9H,6H2,1-5H3,(H,16,20)(H,21,22). The maximum atomic E-state index is 12.2. The number of carboxylic acids is 1. The number of aryl methyl sites for hydroxylation is 3. The molecular formula is C15H20N4O3S. The first kappa shape index (κ1) is 17.1. The highest BCUT2D eigenvalue weighted by atomic mass is 32.1. The number of thiazole rings is 1. The summed E-state index contributed by atoms with van der Waals surface area (Å²) in [7, 11) is 1.85. The molecule has 2 aromatic heterocycles. The molecule has 23 heavy (non-hydrogen) atoms. The van der Waals surface area contributed by atoms with Gasteiger partial charge in [-0.25, -0.2) is 9.78 Å². The van der Waals surface area contributed by atoms with Gasteiger partial charge in [0.25, 0.3) is 0 Å². The summed E-state index contributed by atoms with van der Waals surface area (Å²) >= 11 is 1.09. The van der Waals surface area contributed by atoms with E-state index in [0.717, 1.165) is 28.3 Å². The lowest BCUT2D eigenvalue weighted by molar-refractivity contribution is -0.121. The summed E-state index contributed by atoms with van der Waals surface area (Å²) in [6.07, 6.45) is 0.242. The van der Waals surface area contributed by atoms with E-state index in [0.29, 0.717) is 10.7 Å². The molecule has 2 heterocycles. The molecule has 0 aromatic carbocycles. The Morgan fingerprint density at radius 1 is 1.30 bits per heavy atom. The van der Waals surface area contributed by atoms with Gasteiger partial charge in [-0.3, -0.25) is 9.48 Å². The van der Waals surface area contributed by atoms with E-state index in [1.807, 2.05) is 20.9 Å². The molecule has 1 amide bonds. The highest BCUT2D eigenvalue weighted by molar-refractivity contribution is 7.13. The lowest BCUT2D eigenvalue weighted by Crippen LogP contribution is -2.28. The van der Waals surface area contributed by atoms with Crippen LogP contribution >= 0.6 is 11.3 Å². The van der Waals surface area contributed by atoms with Crippen LogP contribution in [0.3, 0.4) is 0 Å². The monoisotopic (exact) mass is 336 g/mol. The number of carbonyl (C=O) groups is 2. The second-order valence-corrected chi connectivity index (χ2v) is 6.54. The number of nitrogens with one attached hydrogen (secondary N) is 1. The summed E-state index contributed by atoms with van der Waals surface area (Å²) in [5.41, 5.74) is 3.19. The minimum Gasteiger partial charge on any atom is -0.477 e. The van der Waals surface area contributed by atoms with Crippen molar-refractivity contribution in [2.75, 3.05) is 0 Å². The van der Waals surface area contributed by atoms with Crippen LogP contribution in [0.4, 0.5) is 0 Å². The number of rotatable bonds is 5. The molecule has 7 nitrogen and oxygen atoms in total. The highest BCUT2D eigenvalue weighted by Crippen LogP contribution is 2.23. The number of aromatic nitrogens is 3. The van der Waals surface area contributed by atoms with E-state index < -0.39 is 5.97 Å². The normalized spacial score (nSPS) is 12.2. The summed E-state index contributed by atoms with van der Waals surface area (Å²) in [4.78, 5) is 27.8. The van der Waals surface area contributed by atoms with E-state index in [-0.39, 0.29) is 23.2 Å². The van der Waals surface area contributed by atoms with Gasteiger partial charge in [0.1, 0.15) is 9.88 Å². The molecule has 0 aliphatic carbocycles. The lowest BCUT2D eigenvalue weighted by atomic mass is 10.1. The SMILES string of the molecule is Cc1nc(C(C)NC(=O)Cc2c(C)nn(C)c2C)sc1C(=O)O. The van der Waals surface area contributed by atoms with E-state index in [1.54, 1.807) is 18.5 Å². The third-order valence-electron chi connectivity index (χ3n) is 3.75. The van der Waals surface area contributed by atoms with E-state index in [1.165, 1.54) is 0 Å². The molecule has 1 unspecified atom stereocenters. The van der Waals surface area contributed by atoms with Crippen LogP contribution in [0, 0.1) is 20.8 Å². The molecule has 0 spiro atoms. The molecule has 2 rings (SSSR count). The average Bonchev–Trinajstić information content (AvgIpc) is 2.95. The van der Waals surface area contributed by atoms with Crippen molar-refractivity contribution in [3.05, 3.63) is 32.5 Å². The predicted molar refractivity (Wildman–Crippen MR) is 86.8 cm³/mol. The maximum Gasteiger partial charge on any atom is 0.347 e. The van der Waals surface area contributed by atoms with Crippen molar-refractivity contribution >= 4 is 23.2 Å². The van der Waals surface area contributed by atoms with Gasteiger partial charge in [-0.05, 0) is 27.7 Å². The second-order valence-electron chi connectivity index (χ2n) is 5.51. The Hall–Kier alpha value is -2.22. The van der Waals surface area contributed by atoms with E-state index in [9.17, 15) is 9.59 Å². The number of hydrogen-bond acceptors (Lipinski definition) is 5. The summed E-state index contributed by atoms with van der Waals surface area (Å²) < 4.78 is 1.75. The molecule has 0 radical (unpaired) electrons. The summed E-state index contributed by atoms with van der Waals surface area (Å²) in [5.74, 6) is -1.13. The number of carboxylic acid groups (broad SMARTS) is 1. The quantitative estimate of drug-likeness (QED) is 0.869. The average molecular weight is 336 g/mol. The first-order valence-corrected chi connectivity index (χ1v) is 8.01. The molecule has 0 saturated heterocycles. The molecule has 2 aromatic rings. The lowest BCUT2D eigenvalue weighted by Gasteiger charge is -2.11. The molecule has 0 aliphatic rings. The third kappa shape index (κ3) is 3.58. The highest BCUT2D eigenvalue weighted by Gasteiger charge is 2.20. The summed E-state index contributed by atoms with van der Waals surface area (Å²) in [6, 6.07) is -0.336. The third-order valence-corrected chi connectivity index (χ3v) is 5.08. The van der Waals surface area contributed by atoms with Crippen molar-refractivity contribution < 1.29 is 14.7 Å². The minimum absolute atomic E-state index is 0.138. The van der Waals surface area contributed by atoms with Crippen molar-refractivity contribution in [3.8, 4) is 0 Å². The predicted octanol–water partition coefficient (Wildman–Crippen LogP) is 1.92. The fourth-order valence-corrected chi connectivity index (χ4v) is 3.30. The molecular weight excluding hydrogens is 316 g/mol. The topological polar surface area (TPSA) is 97.1 Å². The zero-order valence-corrected chi connectivity index (χ0v) is 14.6. The Morgan fingerprint density at radius 3 is 2.43 bits per heavy atom. The first-order chi connectivity index (χ1) is 10.7. The van der Waals surface area contributed by atoms with Gasteiger partial charge in [0.2, 0.25) is 5.91 Å². The van der Waals surface area contributed by atoms with Crippen LogP contribution in [0.1, 0.15) is 50.3 Å². The molecule has 0 saturated carbocycles. The largest absolute Gasteiger partial charge is 0.477 e. The Kier molecular flexibility index (Phi) is 4.84. The molecule has 0 bridgehead atoms. The first-order valence-electron chi connectivity index (χ1n) is 7.19. The van der Waals surface area contributed by atoms with Crippen LogP contribution in [0.15, 0.2) is 0 Å². The van der Waals surface area contributed by atoms with Crippen LogP contribution in [0.25, 0.3) is 0 Å². The fourth-order valence-electron chi connectivity index (χ4n) is 2.39. The van der Waals surface area contributed by atoms with Crippen LogP contribution in [0.2, 0.25) is 0 Å². The van der Waals surface area contributed by atoms with Gasteiger partial charge in [-0.15, -0.1) is 11.3 Å². The minimum atomic E-state index is -0.994. The van der Waals surface area contributed by atoms with Crippen LogP contribution in [-0.2, 0) is 18.3 Å². The number of nitrogens with zero attached hydrogens (tertiary/aromatic N) is 3. The number of hydrogen-bond donors (Lipinski definition) is 2. The maximum absolute atomic E-state index is 12.2. The smallest absolute Gasteiger partial charge is 0.347 e. The Balaban J connectivity index is 2.08. The summed E-state index contributed by atoms with van der Waals surface area (Å²) in [5, 5.41) is 16.8. The van der Waals surface area contributed by atoms with Gasteiger partial charge in [0.15, 0.2) is 0 Å². The van der Waals surface area contributed by atoms with Crippen LogP contribution < -0.4 is 5.32 Å². The number of aromatic carboxylic acids is 1. The van der Waals surface area contributed by atoms with Crippen molar-refractivity contribution in [2.45, 2.75) is 40.2 Å². The summed E-state index contributed by atoms with van der Waals surface area (Å²) in [6.45, 7) is 7.25. The van der Waals surface area contributed by atoms with Crippen LogP contribution in [-0.4, -0.2) is 31.7 Å². The zero-order chi connectivity index (χ0) is 17.3. The van der Waals surface area contributed by atoms with Gasteiger partial charge >= 0.3 is 5.97 Å². The molecule has 2 N–H and O–H groups in total.